The molecule has 2 rings (SSSR count). The highest BCUT2D eigenvalue weighted by Gasteiger charge is 2.28. The Kier molecular flexibility index (Phi) is 4.79. The van der Waals surface area contributed by atoms with Gasteiger partial charge >= 0.3 is 0 Å². The van der Waals surface area contributed by atoms with Crippen LogP contribution in [0.15, 0.2) is 28.7 Å². The summed E-state index contributed by atoms with van der Waals surface area (Å²) in [5, 5.41) is 3.42. The number of benzene rings is 1. The van der Waals surface area contributed by atoms with Crippen LogP contribution in [0.5, 0.6) is 0 Å². The lowest BCUT2D eigenvalue weighted by molar-refractivity contribution is 0.146. The summed E-state index contributed by atoms with van der Waals surface area (Å²) in [6.07, 6.45) is 4.68. The lowest BCUT2D eigenvalue weighted by atomic mass is 9.88. The molecule has 100 valence electrons. The lowest BCUT2D eigenvalue weighted by Gasteiger charge is -2.30. The second kappa shape index (κ2) is 6.16. The number of hydrogen-bond acceptors (Lipinski definition) is 1. The Morgan fingerprint density at radius 2 is 2.06 bits per heavy atom. The average molecular weight is 314 g/mol. The molecule has 0 spiro atoms. The van der Waals surface area contributed by atoms with E-state index in [4.69, 9.17) is 0 Å². The predicted molar refractivity (Wildman–Crippen MR) is 77.6 cm³/mol. The summed E-state index contributed by atoms with van der Waals surface area (Å²) in [5.41, 5.74) is -0.0537. The Bertz CT molecular complexity index is 369. The molecule has 0 saturated carbocycles. The molecule has 1 nitrogen and oxygen atoms in total. The fourth-order valence-electron chi connectivity index (χ4n) is 2.71. The van der Waals surface area contributed by atoms with E-state index >= 15 is 0 Å². The highest BCUT2D eigenvalue weighted by atomic mass is 79.9. The molecule has 2 unspecified atom stereocenters. The molecule has 0 radical (unpaired) electrons. The van der Waals surface area contributed by atoms with Gasteiger partial charge in [-0.05, 0) is 50.4 Å². The molecule has 0 aromatic heterocycles. The molecule has 1 N–H and O–H groups in total. The molecule has 0 amide bonds. The molecule has 0 aliphatic carbocycles. The van der Waals surface area contributed by atoms with E-state index in [1.807, 2.05) is 24.3 Å². The van der Waals surface area contributed by atoms with E-state index in [9.17, 15) is 4.39 Å². The molecule has 0 bridgehead atoms. The maximum atomic E-state index is 14.6. The molecule has 1 saturated heterocycles. The van der Waals surface area contributed by atoms with Gasteiger partial charge in [0.1, 0.15) is 5.67 Å². The van der Waals surface area contributed by atoms with Gasteiger partial charge in [-0.15, -0.1) is 0 Å². The first-order valence-corrected chi connectivity index (χ1v) is 7.51. The minimum absolute atomic E-state index is 0.351. The highest BCUT2D eigenvalue weighted by Crippen LogP contribution is 2.26. The van der Waals surface area contributed by atoms with Crippen molar-refractivity contribution in [2.75, 3.05) is 6.54 Å². The molecular weight excluding hydrogens is 293 g/mol. The average Bonchev–Trinajstić information content (AvgIpc) is 2.32. The Labute approximate surface area is 117 Å². The Morgan fingerprint density at radius 1 is 1.33 bits per heavy atom. The SMILES string of the molecule is CC(F)(Cc1ccc(Br)cc1)CC1CCCCN1. The first-order chi connectivity index (χ1) is 8.55. The van der Waals surface area contributed by atoms with Gasteiger partial charge in [0, 0.05) is 16.9 Å². The summed E-state index contributed by atoms with van der Waals surface area (Å²) in [6.45, 7) is 2.77. The van der Waals surface area contributed by atoms with Crippen molar-refractivity contribution in [1.82, 2.24) is 5.32 Å². The number of alkyl halides is 1. The van der Waals surface area contributed by atoms with Crippen LogP contribution in [0.1, 0.15) is 38.2 Å². The van der Waals surface area contributed by atoms with Gasteiger partial charge in [0.05, 0.1) is 0 Å². The smallest absolute Gasteiger partial charge is 0.113 e. The summed E-state index contributed by atoms with van der Waals surface area (Å²) in [6, 6.07) is 8.30. The first kappa shape index (κ1) is 14.0. The molecule has 18 heavy (non-hydrogen) atoms. The minimum Gasteiger partial charge on any atom is -0.314 e. The Morgan fingerprint density at radius 3 is 2.67 bits per heavy atom. The maximum Gasteiger partial charge on any atom is 0.113 e. The number of rotatable bonds is 4. The molecule has 1 fully saturated rings. The summed E-state index contributed by atoms with van der Waals surface area (Å²) in [7, 11) is 0. The van der Waals surface area contributed by atoms with Gasteiger partial charge < -0.3 is 5.32 Å². The van der Waals surface area contributed by atoms with E-state index in [-0.39, 0.29) is 0 Å². The Hall–Kier alpha value is -0.410. The zero-order chi connectivity index (χ0) is 13.0. The van der Waals surface area contributed by atoms with Gasteiger partial charge in [-0.2, -0.15) is 0 Å². The van der Waals surface area contributed by atoms with Gasteiger partial charge in [0.25, 0.3) is 0 Å². The van der Waals surface area contributed by atoms with Crippen molar-refractivity contribution < 1.29 is 4.39 Å². The zero-order valence-electron chi connectivity index (χ0n) is 10.9. The van der Waals surface area contributed by atoms with Gasteiger partial charge in [0.15, 0.2) is 0 Å². The van der Waals surface area contributed by atoms with Gasteiger partial charge in [-0.3, -0.25) is 0 Å². The van der Waals surface area contributed by atoms with Crippen LogP contribution in [0.2, 0.25) is 0 Å². The molecule has 1 heterocycles. The van der Waals surface area contributed by atoms with E-state index in [1.54, 1.807) is 6.92 Å². The van der Waals surface area contributed by atoms with Crippen molar-refractivity contribution in [3.63, 3.8) is 0 Å². The van der Waals surface area contributed by atoms with Crippen LogP contribution in [-0.4, -0.2) is 18.3 Å². The molecule has 3 heteroatoms. The monoisotopic (exact) mass is 313 g/mol. The van der Waals surface area contributed by atoms with Crippen LogP contribution < -0.4 is 5.32 Å². The normalized spacial score (nSPS) is 23.6. The number of hydrogen-bond donors (Lipinski definition) is 1. The van der Waals surface area contributed by atoms with Crippen molar-refractivity contribution in [1.29, 1.82) is 0 Å². The highest BCUT2D eigenvalue weighted by molar-refractivity contribution is 9.10. The molecule has 1 aromatic carbocycles. The van der Waals surface area contributed by atoms with Crippen molar-refractivity contribution in [2.24, 2.45) is 0 Å². The van der Waals surface area contributed by atoms with Crippen molar-refractivity contribution in [3.8, 4) is 0 Å². The standard InChI is InChI=1S/C15H21BrFN/c1-15(17,11-14-4-2-3-9-18-14)10-12-5-7-13(16)8-6-12/h5-8,14,18H,2-4,9-11H2,1H3. The first-order valence-electron chi connectivity index (χ1n) is 6.72. The minimum atomic E-state index is -1.12. The van der Waals surface area contributed by atoms with E-state index in [0.29, 0.717) is 18.9 Å². The third-order valence-electron chi connectivity index (χ3n) is 3.57. The maximum absolute atomic E-state index is 14.6. The van der Waals surface area contributed by atoms with Crippen molar-refractivity contribution >= 4 is 15.9 Å². The molecular formula is C15H21BrFN. The Balaban J connectivity index is 1.91. The fraction of sp³-hybridized carbons (Fsp3) is 0.600. The van der Waals surface area contributed by atoms with Crippen molar-refractivity contribution in [2.45, 2.75) is 50.7 Å². The molecule has 1 aliphatic heterocycles. The van der Waals surface area contributed by atoms with Crippen LogP contribution >= 0.6 is 15.9 Å². The second-order valence-electron chi connectivity index (χ2n) is 5.57. The third-order valence-corrected chi connectivity index (χ3v) is 4.10. The van der Waals surface area contributed by atoms with Crippen LogP contribution in [-0.2, 0) is 6.42 Å². The van der Waals surface area contributed by atoms with Gasteiger partial charge in [-0.25, -0.2) is 4.39 Å². The summed E-state index contributed by atoms with van der Waals surface area (Å²) in [4.78, 5) is 0. The largest absolute Gasteiger partial charge is 0.314 e. The number of piperidine rings is 1. The zero-order valence-corrected chi connectivity index (χ0v) is 12.5. The van der Waals surface area contributed by atoms with E-state index in [2.05, 4.69) is 21.2 Å². The van der Waals surface area contributed by atoms with Crippen LogP contribution in [0.25, 0.3) is 0 Å². The van der Waals surface area contributed by atoms with Gasteiger partial charge in [0.2, 0.25) is 0 Å². The lowest BCUT2D eigenvalue weighted by Crippen LogP contribution is -2.40. The summed E-state index contributed by atoms with van der Waals surface area (Å²) >= 11 is 3.40. The van der Waals surface area contributed by atoms with E-state index < -0.39 is 5.67 Å². The summed E-state index contributed by atoms with van der Waals surface area (Å²) < 4.78 is 15.7. The third kappa shape index (κ3) is 4.36. The van der Waals surface area contributed by atoms with E-state index in [1.165, 1.54) is 12.8 Å². The predicted octanol–water partition coefficient (Wildman–Crippen LogP) is 4.25. The quantitative estimate of drug-likeness (QED) is 0.876. The fourth-order valence-corrected chi connectivity index (χ4v) is 2.98. The number of nitrogens with one attached hydrogen (secondary N) is 1. The van der Waals surface area contributed by atoms with Crippen LogP contribution in [0.4, 0.5) is 4.39 Å². The number of halogens is 2. The molecule has 2 atom stereocenters. The van der Waals surface area contributed by atoms with Crippen LogP contribution in [0, 0.1) is 0 Å². The molecule has 1 aliphatic rings. The van der Waals surface area contributed by atoms with Crippen molar-refractivity contribution in [3.05, 3.63) is 34.3 Å². The van der Waals surface area contributed by atoms with Crippen LogP contribution in [0.3, 0.4) is 0 Å². The summed E-state index contributed by atoms with van der Waals surface area (Å²) in [5.74, 6) is 0. The topological polar surface area (TPSA) is 12.0 Å². The second-order valence-corrected chi connectivity index (χ2v) is 6.48. The van der Waals surface area contributed by atoms with Gasteiger partial charge in [-0.1, -0.05) is 34.5 Å². The van der Waals surface area contributed by atoms with E-state index in [0.717, 1.165) is 23.0 Å². The molecule has 1 aromatic rings.